The molecule has 4 heteroatoms. The molecule has 2 aliphatic rings. The smallest absolute Gasteiger partial charge is 0.231 e. The van der Waals surface area contributed by atoms with E-state index in [4.69, 9.17) is 9.47 Å². The molecule has 0 bridgehead atoms. The zero-order valence-electron chi connectivity index (χ0n) is 12.8. The van der Waals surface area contributed by atoms with Crippen LogP contribution in [0.2, 0.25) is 0 Å². The van der Waals surface area contributed by atoms with E-state index >= 15 is 0 Å². The SMILES string of the molecule is CC(CCc1ccc2c(c1)OCO2)NCC1CCCCS1. The van der Waals surface area contributed by atoms with Gasteiger partial charge in [0.05, 0.1) is 0 Å². The molecule has 1 N–H and O–H groups in total. The van der Waals surface area contributed by atoms with Crippen molar-refractivity contribution >= 4 is 11.8 Å². The van der Waals surface area contributed by atoms with Gasteiger partial charge in [0.15, 0.2) is 11.5 Å². The Morgan fingerprint density at radius 3 is 3.05 bits per heavy atom. The minimum atomic E-state index is 0.357. The van der Waals surface area contributed by atoms with Crippen LogP contribution in [-0.2, 0) is 6.42 Å². The zero-order chi connectivity index (χ0) is 14.5. The van der Waals surface area contributed by atoms with E-state index in [0.717, 1.165) is 36.1 Å². The molecular formula is C17H25NO2S. The molecule has 21 heavy (non-hydrogen) atoms. The van der Waals surface area contributed by atoms with Gasteiger partial charge < -0.3 is 14.8 Å². The first-order valence-corrected chi connectivity index (χ1v) is 9.09. The van der Waals surface area contributed by atoms with Crippen molar-refractivity contribution in [3.05, 3.63) is 23.8 Å². The van der Waals surface area contributed by atoms with Crippen LogP contribution in [0.1, 0.15) is 38.2 Å². The predicted molar refractivity (Wildman–Crippen MR) is 88.4 cm³/mol. The first-order chi connectivity index (χ1) is 10.3. The van der Waals surface area contributed by atoms with E-state index in [1.165, 1.54) is 30.6 Å². The first-order valence-electron chi connectivity index (χ1n) is 8.05. The Morgan fingerprint density at radius 1 is 1.29 bits per heavy atom. The summed E-state index contributed by atoms with van der Waals surface area (Å²) in [5.41, 5.74) is 1.33. The van der Waals surface area contributed by atoms with Gasteiger partial charge in [-0.15, -0.1) is 0 Å². The molecule has 0 amide bonds. The van der Waals surface area contributed by atoms with E-state index in [0.29, 0.717) is 12.8 Å². The lowest BCUT2D eigenvalue weighted by Crippen LogP contribution is -2.33. The molecule has 0 radical (unpaired) electrons. The molecule has 0 saturated carbocycles. The summed E-state index contributed by atoms with van der Waals surface area (Å²) in [5, 5.41) is 4.52. The molecular weight excluding hydrogens is 282 g/mol. The lowest BCUT2D eigenvalue weighted by molar-refractivity contribution is 0.174. The summed E-state index contributed by atoms with van der Waals surface area (Å²) >= 11 is 2.14. The maximum absolute atomic E-state index is 5.43. The Kier molecular flexibility index (Phi) is 5.31. The molecule has 3 nitrogen and oxygen atoms in total. The molecule has 3 rings (SSSR count). The average molecular weight is 307 g/mol. The van der Waals surface area contributed by atoms with Crippen LogP contribution < -0.4 is 14.8 Å². The van der Waals surface area contributed by atoms with Gasteiger partial charge in [0, 0.05) is 17.8 Å². The summed E-state index contributed by atoms with van der Waals surface area (Å²) < 4.78 is 10.8. The number of hydrogen-bond acceptors (Lipinski definition) is 4. The summed E-state index contributed by atoms with van der Waals surface area (Å²) in [7, 11) is 0. The second-order valence-electron chi connectivity index (χ2n) is 6.02. The number of thioether (sulfide) groups is 1. The van der Waals surface area contributed by atoms with Crippen LogP contribution >= 0.6 is 11.8 Å². The average Bonchev–Trinajstić information content (AvgIpc) is 2.99. The molecule has 0 aromatic heterocycles. The third kappa shape index (κ3) is 4.30. The van der Waals surface area contributed by atoms with E-state index in [2.05, 4.69) is 36.1 Å². The van der Waals surface area contributed by atoms with Crippen molar-refractivity contribution in [3.8, 4) is 11.5 Å². The Hall–Kier alpha value is -0.870. The number of aryl methyl sites for hydroxylation is 1. The van der Waals surface area contributed by atoms with Gasteiger partial charge >= 0.3 is 0 Å². The highest BCUT2D eigenvalue weighted by molar-refractivity contribution is 7.99. The number of fused-ring (bicyclic) bond motifs is 1. The van der Waals surface area contributed by atoms with Crippen molar-refractivity contribution < 1.29 is 9.47 Å². The van der Waals surface area contributed by atoms with Crippen molar-refractivity contribution in [3.63, 3.8) is 0 Å². The lowest BCUT2D eigenvalue weighted by atomic mass is 10.1. The van der Waals surface area contributed by atoms with Crippen molar-refractivity contribution in [2.75, 3.05) is 19.1 Å². The Morgan fingerprint density at radius 2 is 2.19 bits per heavy atom. The van der Waals surface area contributed by atoms with E-state index in [9.17, 15) is 0 Å². The molecule has 2 heterocycles. The van der Waals surface area contributed by atoms with E-state index in [1.54, 1.807) is 0 Å². The minimum absolute atomic E-state index is 0.357. The van der Waals surface area contributed by atoms with Gasteiger partial charge in [0.2, 0.25) is 6.79 Å². The molecule has 2 aliphatic heterocycles. The third-order valence-electron chi connectivity index (χ3n) is 4.27. The lowest BCUT2D eigenvalue weighted by Gasteiger charge is -2.23. The van der Waals surface area contributed by atoms with Crippen LogP contribution in [0.25, 0.3) is 0 Å². The van der Waals surface area contributed by atoms with Gasteiger partial charge in [-0.3, -0.25) is 0 Å². The summed E-state index contributed by atoms with van der Waals surface area (Å²) in [6, 6.07) is 6.86. The van der Waals surface area contributed by atoms with Gasteiger partial charge in [-0.25, -0.2) is 0 Å². The van der Waals surface area contributed by atoms with Crippen molar-refractivity contribution in [2.24, 2.45) is 0 Å². The molecule has 2 atom stereocenters. The number of rotatable bonds is 6. The van der Waals surface area contributed by atoms with E-state index in [-0.39, 0.29) is 0 Å². The van der Waals surface area contributed by atoms with Gasteiger partial charge in [-0.05, 0) is 56.1 Å². The van der Waals surface area contributed by atoms with Crippen LogP contribution in [0.5, 0.6) is 11.5 Å². The Balaban J connectivity index is 1.40. The molecule has 1 aromatic rings. The topological polar surface area (TPSA) is 30.5 Å². The van der Waals surface area contributed by atoms with E-state index < -0.39 is 0 Å². The van der Waals surface area contributed by atoms with Crippen LogP contribution in [0.3, 0.4) is 0 Å². The number of hydrogen-bond donors (Lipinski definition) is 1. The van der Waals surface area contributed by atoms with Gasteiger partial charge in [0.1, 0.15) is 0 Å². The summed E-state index contributed by atoms with van der Waals surface area (Å²) in [6.45, 7) is 3.81. The molecule has 1 saturated heterocycles. The quantitative estimate of drug-likeness (QED) is 0.869. The monoisotopic (exact) mass is 307 g/mol. The van der Waals surface area contributed by atoms with Crippen LogP contribution in [0.15, 0.2) is 18.2 Å². The predicted octanol–water partition coefficient (Wildman–Crippen LogP) is 3.61. The summed E-state index contributed by atoms with van der Waals surface area (Å²) in [5.74, 6) is 3.11. The second-order valence-corrected chi connectivity index (χ2v) is 7.43. The Bertz CT molecular complexity index is 460. The van der Waals surface area contributed by atoms with Crippen molar-refractivity contribution in [1.29, 1.82) is 0 Å². The van der Waals surface area contributed by atoms with Gasteiger partial charge in [-0.2, -0.15) is 11.8 Å². The van der Waals surface area contributed by atoms with Gasteiger partial charge in [0.25, 0.3) is 0 Å². The van der Waals surface area contributed by atoms with Crippen molar-refractivity contribution in [1.82, 2.24) is 5.32 Å². The molecule has 1 aromatic carbocycles. The molecule has 2 unspecified atom stereocenters. The van der Waals surface area contributed by atoms with Gasteiger partial charge in [-0.1, -0.05) is 12.5 Å². The highest BCUT2D eigenvalue weighted by atomic mass is 32.2. The van der Waals surface area contributed by atoms with Crippen LogP contribution in [0, 0.1) is 0 Å². The largest absolute Gasteiger partial charge is 0.454 e. The maximum atomic E-state index is 5.43. The molecule has 0 spiro atoms. The molecule has 116 valence electrons. The molecule has 0 aliphatic carbocycles. The van der Waals surface area contributed by atoms with Crippen LogP contribution in [-0.4, -0.2) is 30.4 Å². The standard InChI is InChI=1S/C17H25NO2S/c1-13(18-11-15-4-2-3-9-21-15)5-6-14-7-8-16-17(10-14)20-12-19-16/h7-8,10,13,15,18H,2-6,9,11-12H2,1H3. The number of nitrogens with one attached hydrogen (secondary N) is 1. The normalized spacial score (nSPS) is 22.2. The first kappa shape index (κ1) is 15.0. The highest BCUT2D eigenvalue weighted by Gasteiger charge is 2.15. The third-order valence-corrected chi connectivity index (χ3v) is 5.67. The maximum Gasteiger partial charge on any atom is 0.231 e. The van der Waals surface area contributed by atoms with Crippen molar-refractivity contribution in [2.45, 2.75) is 50.3 Å². The Labute approximate surface area is 131 Å². The highest BCUT2D eigenvalue weighted by Crippen LogP contribution is 2.32. The second kappa shape index (κ2) is 7.41. The summed E-state index contributed by atoms with van der Waals surface area (Å²) in [6.07, 6.45) is 6.44. The fourth-order valence-electron chi connectivity index (χ4n) is 2.88. The fourth-order valence-corrected chi connectivity index (χ4v) is 4.13. The van der Waals surface area contributed by atoms with Crippen LogP contribution in [0.4, 0.5) is 0 Å². The summed E-state index contributed by atoms with van der Waals surface area (Å²) in [4.78, 5) is 0. The zero-order valence-corrected chi connectivity index (χ0v) is 13.6. The molecule has 1 fully saturated rings. The minimum Gasteiger partial charge on any atom is -0.454 e. The number of ether oxygens (including phenoxy) is 2. The van der Waals surface area contributed by atoms with E-state index in [1.807, 2.05) is 6.07 Å². The fraction of sp³-hybridized carbons (Fsp3) is 0.647. The number of benzene rings is 1.